The highest BCUT2D eigenvalue weighted by molar-refractivity contribution is 9.10. The van der Waals surface area contributed by atoms with Gasteiger partial charge >= 0.3 is 0 Å². The maximum atomic E-state index is 12.3. The Balaban J connectivity index is 1.63. The molecule has 2 aromatic carbocycles. The van der Waals surface area contributed by atoms with Crippen molar-refractivity contribution in [3.05, 3.63) is 76.0 Å². The Labute approximate surface area is 171 Å². The summed E-state index contributed by atoms with van der Waals surface area (Å²) in [5, 5.41) is 8.28. The fourth-order valence-corrected chi connectivity index (χ4v) is 2.77. The average Bonchev–Trinajstić information content (AvgIpc) is 3.18. The Morgan fingerprint density at radius 2 is 1.96 bits per heavy atom. The fraction of sp³-hybridized carbons (Fsp3) is 0.150. The summed E-state index contributed by atoms with van der Waals surface area (Å²) in [6.45, 7) is 0.574. The molecule has 1 amide bonds. The second-order valence-electron chi connectivity index (χ2n) is 5.83. The summed E-state index contributed by atoms with van der Waals surface area (Å²) < 4.78 is 13.2. The third kappa shape index (κ3) is 4.98. The van der Waals surface area contributed by atoms with E-state index in [1.807, 2.05) is 24.3 Å². The smallest absolute Gasteiger partial charge is 0.291 e. The fourth-order valence-electron chi connectivity index (χ4n) is 2.51. The van der Waals surface area contributed by atoms with Crippen LogP contribution in [-0.2, 0) is 6.54 Å². The molecule has 0 aliphatic heterocycles. The highest BCUT2D eigenvalue weighted by atomic mass is 79.9. The number of ether oxygens (including phenoxy) is 2. The van der Waals surface area contributed by atoms with Gasteiger partial charge in [-0.2, -0.15) is 10.2 Å². The Morgan fingerprint density at radius 3 is 2.68 bits per heavy atom. The first-order chi connectivity index (χ1) is 13.6. The van der Waals surface area contributed by atoms with Crippen molar-refractivity contribution in [2.24, 2.45) is 5.10 Å². The number of nitrogens with one attached hydrogen (secondary N) is 1. The molecule has 0 spiro atoms. The van der Waals surface area contributed by atoms with E-state index in [4.69, 9.17) is 9.47 Å². The molecule has 0 radical (unpaired) electrons. The summed E-state index contributed by atoms with van der Waals surface area (Å²) in [7, 11) is 3.14. The van der Waals surface area contributed by atoms with Gasteiger partial charge in [0.15, 0.2) is 5.69 Å². The normalized spacial score (nSPS) is 10.8. The third-order valence-electron chi connectivity index (χ3n) is 3.94. The Hall–Kier alpha value is -3.13. The molecule has 0 atom stereocenters. The molecule has 0 aliphatic rings. The summed E-state index contributed by atoms with van der Waals surface area (Å²) in [6.07, 6.45) is 3.25. The standard InChI is InChI=1S/C20H19BrN4O3/c1-27-17-7-8-19(28-2)15(11-17)12-22-23-20(26)18-9-10-25(24-18)13-14-3-5-16(21)6-4-14/h3-12H,13H2,1-2H3,(H,23,26)/b22-12+. The largest absolute Gasteiger partial charge is 0.497 e. The van der Waals surface area contributed by atoms with Gasteiger partial charge in [-0.1, -0.05) is 28.1 Å². The van der Waals surface area contributed by atoms with Gasteiger partial charge in [0.1, 0.15) is 11.5 Å². The number of hydrogen-bond acceptors (Lipinski definition) is 5. The van der Waals surface area contributed by atoms with Gasteiger partial charge in [-0.15, -0.1) is 0 Å². The quantitative estimate of drug-likeness (QED) is 0.448. The summed E-state index contributed by atoms with van der Waals surface area (Å²) in [5.74, 6) is 0.894. The molecule has 0 unspecified atom stereocenters. The van der Waals surface area contributed by atoms with Gasteiger partial charge in [-0.25, -0.2) is 5.43 Å². The summed E-state index contributed by atoms with van der Waals surface area (Å²) in [4.78, 5) is 12.3. The maximum Gasteiger partial charge on any atom is 0.291 e. The molecular formula is C20H19BrN4O3. The minimum absolute atomic E-state index is 0.284. The lowest BCUT2D eigenvalue weighted by atomic mass is 10.2. The van der Waals surface area contributed by atoms with Crippen LogP contribution in [0.3, 0.4) is 0 Å². The molecule has 7 nitrogen and oxygen atoms in total. The topological polar surface area (TPSA) is 77.7 Å². The maximum absolute atomic E-state index is 12.3. The monoisotopic (exact) mass is 442 g/mol. The zero-order chi connectivity index (χ0) is 19.9. The van der Waals surface area contributed by atoms with E-state index in [-0.39, 0.29) is 5.69 Å². The molecule has 3 aromatic rings. The predicted octanol–water partition coefficient (Wildman–Crippen LogP) is 3.48. The molecular weight excluding hydrogens is 424 g/mol. The Morgan fingerprint density at radius 1 is 1.18 bits per heavy atom. The number of carbonyl (C=O) groups is 1. The van der Waals surface area contributed by atoms with E-state index < -0.39 is 5.91 Å². The van der Waals surface area contributed by atoms with E-state index in [2.05, 4.69) is 31.6 Å². The van der Waals surface area contributed by atoms with Crippen LogP contribution < -0.4 is 14.9 Å². The number of carbonyl (C=O) groups excluding carboxylic acids is 1. The van der Waals surface area contributed by atoms with Crippen LogP contribution >= 0.6 is 15.9 Å². The van der Waals surface area contributed by atoms with E-state index in [0.717, 1.165) is 10.0 Å². The SMILES string of the molecule is COc1ccc(OC)c(/C=N/NC(=O)c2ccn(Cc3ccc(Br)cc3)n2)c1. The molecule has 0 saturated carbocycles. The molecule has 0 aliphatic carbocycles. The third-order valence-corrected chi connectivity index (χ3v) is 4.47. The predicted molar refractivity (Wildman–Crippen MR) is 110 cm³/mol. The van der Waals surface area contributed by atoms with Crippen LogP contribution in [0.4, 0.5) is 0 Å². The minimum atomic E-state index is -0.396. The molecule has 3 rings (SSSR count). The van der Waals surface area contributed by atoms with Gasteiger partial charge < -0.3 is 9.47 Å². The van der Waals surface area contributed by atoms with Crippen LogP contribution in [0, 0.1) is 0 Å². The van der Waals surface area contributed by atoms with Crippen molar-refractivity contribution in [1.82, 2.24) is 15.2 Å². The number of nitrogens with zero attached hydrogens (tertiary/aromatic N) is 3. The lowest BCUT2D eigenvalue weighted by Gasteiger charge is -2.06. The van der Waals surface area contributed by atoms with Crippen LogP contribution in [0.1, 0.15) is 21.6 Å². The zero-order valence-corrected chi connectivity index (χ0v) is 17.0. The minimum Gasteiger partial charge on any atom is -0.497 e. The van der Waals surface area contributed by atoms with Gasteiger partial charge in [0.05, 0.1) is 27.0 Å². The summed E-state index contributed by atoms with van der Waals surface area (Å²) in [5.41, 5.74) is 4.53. The van der Waals surface area contributed by atoms with Gasteiger partial charge in [0.25, 0.3) is 5.91 Å². The van der Waals surface area contributed by atoms with Crippen molar-refractivity contribution < 1.29 is 14.3 Å². The van der Waals surface area contributed by atoms with E-state index >= 15 is 0 Å². The highest BCUT2D eigenvalue weighted by Gasteiger charge is 2.09. The van der Waals surface area contributed by atoms with Crippen LogP contribution in [0.25, 0.3) is 0 Å². The van der Waals surface area contributed by atoms with E-state index in [9.17, 15) is 4.79 Å². The van der Waals surface area contributed by atoms with Gasteiger partial charge in [0.2, 0.25) is 0 Å². The van der Waals surface area contributed by atoms with Crippen molar-refractivity contribution in [2.45, 2.75) is 6.54 Å². The Bertz CT molecular complexity index is 983. The molecule has 8 heteroatoms. The molecule has 1 N–H and O–H groups in total. The van der Waals surface area contributed by atoms with E-state index in [1.165, 1.54) is 6.21 Å². The second kappa shape index (κ2) is 9.18. The van der Waals surface area contributed by atoms with E-state index in [1.54, 1.807) is 49.4 Å². The number of amides is 1. The number of halogens is 1. The van der Waals surface area contributed by atoms with Crippen LogP contribution in [0.5, 0.6) is 11.5 Å². The number of hydrazone groups is 1. The van der Waals surface area contributed by atoms with Crippen molar-refractivity contribution in [1.29, 1.82) is 0 Å². The van der Waals surface area contributed by atoms with Crippen LogP contribution in [0.15, 0.2) is 64.3 Å². The highest BCUT2D eigenvalue weighted by Crippen LogP contribution is 2.22. The summed E-state index contributed by atoms with van der Waals surface area (Å²) >= 11 is 3.41. The lowest BCUT2D eigenvalue weighted by Crippen LogP contribution is -2.18. The van der Waals surface area contributed by atoms with Gasteiger partial charge in [-0.05, 0) is 42.0 Å². The molecule has 28 heavy (non-hydrogen) atoms. The number of aromatic nitrogens is 2. The molecule has 1 aromatic heterocycles. The van der Waals surface area contributed by atoms with Crippen molar-refractivity contribution in [2.75, 3.05) is 14.2 Å². The molecule has 0 saturated heterocycles. The molecule has 1 heterocycles. The number of hydrogen-bond donors (Lipinski definition) is 1. The van der Waals surface area contributed by atoms with Crippen molar-refractivity contribution in [3.63, 3.8) is 0 Å². The Kier molecular flexibility index (Phi) is 6.44. The first kappa shape index (κ1) is 19.6. The average molecular weight is 443 g/mol. The number of methoxy groups -OCH3 is 2. The van der Waals surface area contributed by atoms with Gasteiger partial charge in [-0.3, -0.25) is 9.48 Å². The number of benzene rings is 2. The first-order valence-corrected chi connectivity index (χ1v) is 9.21. The lowest BCUT2D eigenvalue weighted by molar-refractivity contribution is 0.0949. The zero-order valence-electron chi connectivity index (χ0n) is 15.4. The van der Waals surface area contributed by atoms with E-state index in [0.29, 0.717) is 23.6 Å². The molecule has 144 valence electrons. The molecule has 0 bridgehead atoms. The summed E-state index contributed by atoms with van der Waals surface area (Å²) in [6, 6.07) is 14.9. The van der Waals surface area contributed by atoms with Crippen molar-refractivity contribution in [3.8, 4) is 11.5 Å². The van der Waals surface area contributed by atoms with Crippen LogP contribution in [-0.4, -0.2) is 36.1 Å². The number of rotatable bonds is 7. The molecule has 0 fully saturated rings. The van der Waals surface area contributed by atoms with Crippen LogP contribution in [0.2, 0.25) is 0 Å². The van der Waals surface area contributed by atoms with Gasteiger partial charge in [0, 0.05) is 16.2 Å². The second-order valence-corrected chi connectivity index (χ2v) is 6.75. The first-order valence-electron chi connectivity index (χ1n) is 8.42. The van der Waals surface area contributed by atoms with Crippen molar-refractivity contribution >= 4 is 28.1 Å².